The Labute approximate surface area is 197 Å². The molecule has 0 amide bonds. The third-order valence-electron chi connectivity index (χ3n) is 6.56. The standard InChI is InChI=1S/C18H33NO16/c1-4-18(31,13(28)10(26)15(30)32-4)19-17(3-21)12(27)7(23)9(25)16(35-17)34-11-5(2-20)33-14(29)8(24)6(11)22/h4-16,19-31H,2-3H2,1H3/t4-,5+,6+,7+,8+,9+,10-,11+,12+,13+,14+,15?,16-,17+,18+/m0/s1. The van der Waals surface area contributed by atoms with Crippen LogP contribution in [0.3, 0.4) is 0 Å². The minimum atomic E-state index is -2.73. The van der Waals surface area contributed by atoms with Gasteiger partial charge in [0.15, 0.2) is 30.3 Å². The van der Waals surface area contributed by atoms with Crippen LogP contribution in [0.15, 0.2) is 0 Å². The van der Waals surface area contributed by atoms with Gasteiger partial charge in [-0.15, -0.1) is 0 Å². The van der Waals surface area contributed by atoms with Crippen molar-refractivity contribution in [3.63, 3.8) is 0 Å². The molecule has 17 heteroatoms. The zero-order valence-corrected chi connectivity index (χ0v) is 18.4. The molecule has 0 spiro atoms. The minimum absolute atomic E-state index is 0.843. The summed E-state index contributed by atoms with van der Waals surface area (Å²) < 4.78 is 20.7. The summed E-state index contributed by atoms with van der Waals surface area (Å²) in [4.78, 5) is 0. The second-order valence-electron chi connectivity index (χ2n) is 8.84. The van der Waals surface area contributed by atoms with E-state index in [2.05, 4.69) is 5.32 Å². The highest BCUT2D eigenvalue weighted by molar-refractivity contribution is 5.07. The summed E-state index contributed by atoms with van der Waals surface area (Å²) in [5.41, 5.74) is -5.36. The average Bonchev–Trinajstić information content (AvgIpc) is 2.83. The number of rotatable bonds is 6. The van der Waals surface area contributed by atoms with Gasteiger partial charge in [0.25, 0.3) is 0 Å². The smallest absolute Gasteiger partial charge is 0.189 e. The Morgan fingerprint density at radius 2 is 1.37 bits per heavy atom. The van der Waals surface area contributed by atoms with Crippen molar-refractivity contribution in [1.82, 2.24) is 5.32 Å². The number of aliphatic hydroxyl groups excluding tert-OH is 11. The maximum atomic E-state index is 11.0. The lowest BCUT2D eigenvalue weighted by molar-refractivity contribution is -0.397. The Balaban J connectivity index is 1.90. The van der Waals surface area contributed by atoms with Crippen molar-refractivity contribution in [2.75, 3.05) is 13.2 Å². The number of nitrogens with one attached hydrogen (secondary N) is 1. The monoisotopic (exact) mass is 519 g/mol. The molecule has 3 aliphatic heterocycles. The summed E-state index contributed by atoms with van der Waals surface area (Å²) >= 11 is 0. The van der Waals surface area contributed by atoms with Gasteiger partial charge < -0.3 is 80.2 Å². The van der Waals surface area contributed by atoms with Crippen LogP contribution in [0.4, 0.5) is 0 Å². The molecule has 0 aliphatic carbocycles. The Bertz CT molecular complexity index is 718. The summed E-state index contributed by atoms with van der Waals surface area (Å²) in [6.45, 7) is -0.949. The summed E-state index contributed by atoms with van der Waals surface area (Å²) in [6, 6.07) is 0. The van der Waals surface area contributed by atoms with Gasteiger partial charge in [-0.3, -0.25) is 5.32 Å². The van der Waals surface area contributed by atoms with E-state index < -0.39 is 105 Å². The molecular weight excluding hydrogens is 486 g/mol. The molecule has 0 aromatic carbocycles. The van der Waals surface area contributed by atoms with Crippen molar-refractivity contribution in [3.05, 3.63) is 0 Å². The normalized spacial score (nSPS) is 55.6. The van der Waals surface area contributed by atoms with E-state index in [0.29, 0.717) is 0 Å². The molecule has 13 N–H and O–H groups in total. The predicted molar refractivity (Wildman–Crippen MR) is 104 cm³/mol. The number of hydrogen-bond acceptors (Lipinski definition) is 17. The van der Waals surface area contributed by atoms with E-state index in [0.717, 1.165) is 6.92 Å². The Kier molecular flexibility index (Phi) is 8.74. The van der Waals surface area contributed by atoms with Gasteiger partial charge in [0.1, 0.15) is 61.0 Å². The SMILES string of the molecule is C[C@@H]1OC(O)[C@@H](O)[C@@H](O)[C@@]1(O)N[C@]1(CO)O[C@H](O[C@H]2[C@H](O)[C@@H](O)[C@H](O)O[C@@H]2CO)[C@H](O)[C@@H](O)[C@H]1O. The lowest BCUT2D eigenvalue weighted by Crippen LogP contribution is -2.81. The first-order valence-corrected chi connectivity index (χ1v) is 10.7. The van der Waals surface area contributed by atoms with Gasteiger partial charge in [0.2, 0.25) is 0 Å². The van der Waals surface area contributed by atoms with Gasteiger partial charge in [-0.05, 0) is 6.92 Å². The molecule has 1 unspecified atom stereocenters. The maximum Gasteiger partial charge on any atom is 0.189 e. The first kappa shape index (κ1) is 28.9. The van der Waals surface area contributed by atoms with Crippen LogP contribution in [0.25, 0.3) is 0 Å². The van der Waals surface area contributed by atoms with Crippen LogP contribution in [-0.2, 0) is 18.9 Å². The quantitative estimate of drug-likeness (QED) is 0.145. The summed E-state index contributed by atoms with van der Waals surface area (Å²) in [7, 11) is 0. The van der Waals surface area contributed by atoms with Gasteiger partial charge in [-0.1, -0.05) is 0 Å². The van der Waals surface area contributed by atoms with E-state index >= 15 is 0 Å². The molecular formula is C18H33NO16. The summed E-state index contributed by atoms with van der Waals surface area (Å²) in [5, 5.41) is 124. The highest BCUT2D eigenvalue weighted by Crippen LogP contribution is 2.36. The molecule has 3 aliphatic rings. The highest BCUT2D eigenvalue weighted by atomic mass is 16.7. The highest BCUT2D eigenvalue weighted by Gasteiger charge is 2.62. The van der Waals surface area contributed by atoms with Crippen LogP contribution in [-0.4, -0.2) is 166 Å². The largest absolute Gasteiger partial charge is 0.394 e. The van der Waals surface area contributed by atoms with Gasteiger partial charge in [-0.25, -0.2) is 0 Å². The third-order valence-corrected chi connectivity index (χ3v) is 6.56. The molecule has 15 atom stereocenters. The summed E-state index contributed by atoms with van der Waals surface area (Å²) in [5.74, 6) is 0. The van der Waals surface area contributed by atoms with Crippen molar-refractivity contribution in [2.45, 2.75) is 98.3 Å². The van der Waals surface area contributed by atoms with Crippen LogP contribution in [0.5, 0.6) is 0 Å². The van der Waals surface area contributed by atoms with E-state index in [-0.39, 0.29) is 0 Å². The van der Waals surface area contributed by atoms with Gasteiger partial charge in [-0.2, -0.15) is 0 Å². The van der Waals surface area contributed by atoms with Crippen molar-refractivity contribution in [2.24, 2.45) is 0 Å². The molecule has 3 heterocycles. The van der Waals surface area contributed by atoms with Gasteiger partial charge in [0.05, 0.1) is 13.2 Å². The Morgan fingerprint density at radius 3 is 1.94 bits per heavy atom. The number of hydrogen-bond donors (Lipinski definition) is 13. The Hall–Kier alpha value is -0.680. The molecule has 3 saturated heterocycles. The fourth-order valence-corrected chi connectivity index (χ4v) is 4.31. The second-order valence-corrected chi connectivity index (χ2v) is 8.84. The predicted octanol–water partition coefficient (Wildman–Crippen LogP) is -8.33. The lowest BCUT2D eigenvalue weighted by Gasteiger charge is -2.55. The number of ether oxygens (including phenoxy) is 4. The maximum absolute atomic E-state index is 11.0. The van der Waals surface area contributed by atoms with Crippen LogP contribution in [0, 0.1) is 0 Å². The molecule has 0 bridgehead atoms. The second kappa shape index (κ2) is 10.6. The third kappa shape index (κ3) is 4.94. The van der Waals surface area contributed by atoms with Crippen LogP contribution >= 0.6 is 0 Å². The van der Waals surface area contributed by atoms with E-state index in [1.54, 1.807) is 0 Å². The van der Waals surface area contributed by atoms with E-state index in [1.165, 1.54) is 0 Å². The lowest BCUT2D eigenvalue weighted by atomic mass is 9.87. The first-order valence-electron chi connectivity index (χ1n) is 10.7. The molecule has 0 aromatic heterocycles. The summed E-state index contributed by atoms with van der Waals surface area (Å²) in [6.07, 6.45) is -25.0. The number of aliphatic hydroxyl groups is 12. The molecule has 0 saturated carbocycles. The first-order chi connectivity index (χ1) is 16.2. The zero-order valence-electron chi connectivity index (χ0n) is 18.4. The minimum Gasteiger partial charge on any atom is -0.394 e. The molecule has 17 nitrogen and oxygen atoms in total. The van der Waals surface area contributed by atoms with Crippen LogP contribution in [0.1, 0.15) is 6.92 Å². The van der Waals surface area contributed by atoms with Gasteiger partial charge in [0, 0.05) is 0 Å². The van der Waals surface area contributed by atoms with Crippen molar-refractivity contribution < 1.29 is 80.2 Å². The van der Waals surface area contributed by atoms with Crippen LogP contribution < -0.4 is 5.32 Å². The van der Waals surface area contributed by atoms with Gasteiger partial charge >= 0.3 is 0 Å². The molecule has 35 heavy (non-hydrogen) atoms. The molecule has 3 rings (SSSR count). The fourth-order valence-electron chi connectivity index (χ4n) is 4.31. The zero-order chi connectivity index (χ0) is 26.5. The van der Waals surface area contributed by atoms with Crippen molar-refractivity contribution >= 4 is 0 Å². The molecule has 206 valence electrons. The molecule has 3 fully saturated rings. The topological polar surface area (TPSA) is 292 Å². The van der Waals surface area contributed by atoms with E-state index in [9.17, 15) is 61.3 Å². The van der Waals surface area contributed by atoms with E-state index in [1.807, 2.05) is 0 Å². The van der Waals surface area contributed by atoms with Crippen LogP contribution in [0.2, 0.25) is 0 Å². The Morgan fingerprint density at radius 1 is 0.771 bits per heavy atom. The molecule has 0 aromatic rings. The van der Waals surface area contributed by atoms with E-state index in [4.69, 9.17) is 18.9 Å². The van der Waals surface area contributed by atoms with Crippen molar-refractivity contribution in [1.29, 1.82) is 0 Å². The fraction of sp³-hybridized carbons (Fsp3) is 1.00. The molecule has 0 radical (unpaired) electrons. The van der Waals surface area contributed by atoms with Crippen molar-refractivity contribution in [3.8, 4) is 0 Å². The average molecular weight is 519 g/mol.